The summed E-state index contributed by atoms with van der Waals surface area (Å²) >= 11 is 0. The Kier molecular flexibility index (Phi) is 6.43. The van der Waals surface area contributed by atoms with E-state index in [-0.39, 0.29) is 0 Å². The topological polar surface area (TPSA) is 67.4 Å². The maximum absolute atomic E-state index is 11.4. The number of amides is 2. The SMILES string of the molecule is CCCCOc1ccc(NC(=O)C(=O)NCC)cc1. The molecule has 104 valence electrons. The first kappa shape index (κ1) is 15.0. The van der Waals surface area contributed by atoms with Gasteiger partial charge in [0.2, 0.25) is 0 Å². The van der Waals surface area contributed by atoms with Crippen LogP contribution in [0, 0.1) is 0 Å². The molecule has 0 aromatic heterocycles. The van der Waals surface area contributed by atoms with Crippen LogP contribution >= 0.6 is 0 Å². The number of nitrogens with one attached hydrogen (secondary N) is 2. The van der Waals surface area contributed by atoms with Gasteiger partial charge in [-0.1, -0.05) is 13.3 Å². The molecule has 5 heteroatoms. The van der Waals surface area contributed by atoms with Crippen LogP contribution in [0.25, 0.3) is 0 Å². The van der Waals surface area contributed by atoms with Crippen molar-refractivity contribution < 1.29 is 14.3 Å². The van der Waals surface area contributed by atoms with Crippen molar-refractivity contribution in [1.29, 1.82) is 0 Å². The van der Waals surface area contributed by atoms with Gasteiger partial charge in [0.15, 0.2) is 0 Å². The summed E-state index contributed by atoms with van der Waals surface area (Å²) in [7, 11) is 0. The van der Waals surface area contributed by atoms with Gasteiger partial charge in [0.05, 0.1) is 6.61 Å². The zero-order valence-electron chi connectivity index (χ0n) is 11.4. The third kappa shape index (κ3) is 5.42. The summed E-state index contributed by atoms with van der Waals surface area (Å²) in [6.45, 7) is 4.97. The van der Waals surface area contributed by atoms with E-state index in [0.29, 0.717) is 18.8 Å². The van der Waals surface area contributed by atoms with E-state index in [9.17, 15) is 9.59 Å². The molecule has 2 amide bonds. The lowest BCUT2D eigenvalue weighted by molar-refractivity contribution is -0.136. The third-order valence-electron chi connectivity index (χ3n) is 2.42. The fourth-order valence-electron chi connectivity index (χ4n) is 1.40. The minimum Gasteiger partial charge on any atom is -0.494 e. The largest absolute Gasteiger partial charge is 0.494 e. The minimum absolute atomic E-state index is 0.427. The number of hydrogen-bond donors (Lipinski definition) is 2. The zero-order valence-corrected chi connectivity index (χ0v) is 11.4. The average molecular weight is 264 g/mol. The van der Waals surface area contributed by atoms with E-state index in [1.54, 1.807) is 31.2 Å². The lowest BCUT2D eigenvalue weighted by atomic mass is 10.3. The van der Waals surface area contributed by atoms with Crippen molar-refractivity contribution in [3.63, 3.8) is 0 Å². The second-order valence-electron chi connectivity index (χ2n) is 4.04. The van der Waals surface area contributed by atoms with Gasteiger partial charge >= 0.3 is 11.8 Å². The normalized spacial score (nSPS) is 9.79. The van der Waals surface area contributed by atoms with E-state index in [1.165, 1.54) is 0 Å². The molecule has 5 nitrogen and oxygen atoms in total. The molecule has 1 rings (SSSR count). The number of carbonyl (C=O) groups is 2. The van der Waals surface area contributed by atoms with Crippen molar-refractivity contribution in [3.8, 4) is 5.75 Å². The molecule has 0 bridgehead atoms. The van der Waals surface area contributed by atoms with Crippen molar-refractivity contribution in [2.45, 2.75) is 26.7 Å². The first-order valence-electron chi connectivity index (χ1n) is 6.49. The monoisotopic (exact) mass is 264 g/mol. The highest BCUT2D eigenvalue weighted by Crippen LogP contribution is 2.15. The van der Waals surface area contributed by atoms with Gasteiger partial charge in [0.25, 0.3) is 0 Å². The van der Waals surface area contributed by atoms with Gasteiger partial charge in [-0.3, -0.25) is 9.59 Å². The number of hydrogen-bond acceptors (Lipinski definition) is 3. The number of rotatable bonds is 6. The molecule has 19 heavy (non-hydrogen) atoms. The van der Waals surface area contributed by atoms with Gasteiger partial charge in [-0.05, 0) is 37.6 Å². The Morgan fingerprint density at radius 2 is 1.79 bits per heavy atom. The first-order valence-corrected chi connectivity index (χ1v) is 6.49. The molecular weight excluding hydrogens is 244 g/mol. The number of anilines is 1. The Hall–Kier alpha value is -2.04. The number of likely N-dealkylation sites (N-methyl/N-ethyl adjacent to an activating group) is 1. The van der Waals surface area contributed by atoms with E-state index < -0.39 is 11.8 Å². The molecule has 0 aliphatic heterocycles. The van der Waals surface area contributed by atoms with Crippen LogP contribution in [0.4, 0.5) is 5.69 Å². The summed E-state index contributed by atoms with van der Waals surface area (Å²) in [5.41, 5.74) is 0.569. The Balaban J connectivity index is 2.47. The molecule has 0 saturated carbocycles. The quantitative estimate of drug-likeness (QED) is 0.609. The van der Waals surface area contributed by atoms with E-state index in [0.717, 1.165) is 18.6 Å². The fourth-order valence-corrected chi connectivity index (χ4v) is 1.40. The van der Waals surface area contributed by atoms with Crippen LogP contribution in [-0.2, 0) is 9.59 Å². The molecule has 0 radical (unpaired) electrons. The molecule has 0 aliphatic rings. The Bertz CT molecular complexity index is 415. The second-order valence-corrected chi connectivity index (χ2v) is 4.04. The summed E-state index contributed by atoms with van der Waals surface area (Å²) in [6.07, 6.45) is 2.09. The van der Waals surface area contributed by atoms with Crippen LogP contribution < -0.4 is 15.4 Å². The maximum Gasteiger partial charge on any atom is 0.313 e. The van der Waals surface area contributed by atoms with Crippen molar-refractivity contribution in [2.75, 3.05) is 18.5 Å². The standard InChI is InChI=1S/C14H20N2O3/c1-3-5-10-19-12-8-6-11(7-9-12)16-14(18)13(17)15-4-2/h6-9H,3-5,10H2,1-2H3,(H,15,17)(H,16,18). The van der Waals surface area contributed by atoms with Crippen LogP contribution in [0.5, 0.6) is 5.75 Å². The van der Waals surface area contributed by atoms with Crippen LogP contribution in [-0.4, -0.2) is 25.0 Å². The first-order chi connectivity index (χ1) is 9.17. The van der Waals surface area contributed by atoms with E-state index in [1.807, 2.05) is 0 Å². The van der Waals surface area contributed by atoms with Gasteiger partial charge in [-0.2, -0.15) is 0 Å². The second kappa shape index (κ2) is 8.13. The zero-order chi connectivity index (χ0) is 14.1. The predicted molar refractivity (Wildman–Crippen MR) is 74.2 cm³/mol. The van der Waals surface area contributed by atoms with E-state index >= 15 is 0 Å². The predicted octanol–water partition coefficient (Wildman–Crippen LogP) is 1.94. The molecule has 1 aromatic carbocycles. The summed E-state index contributed by atoms with van der Waals surface area (Å²) < 4.78 is 5.50. The number of unbranched alkanes of at least 4 members (excludes halogenated alkanes) is 1. The van der Waals surface area contributed by atoms with E-state index in [2.05, 4.69) is 17.6 Å². The summed E-state index contributed by atoms with van der Waals surface area (Å²) in [6, 6.07) is 6.95. The van der Waals surface area contributed by atoms with Crippen molar-refractivity contribution in [3.05, 3.63) is 24.3 Å². The molecule has 0 saturated heterocycles. The van der Waals surface area contributed by atoms with Crippen molar-refractivity contribution >= 4 is 17.5 Å². The molecule has 1 aromatic rings. The van der Waals surface area contributed by atoms with Gasteiger partial charge in [-0.15, -0.1) is 0 Å². The van der Waals surface area contributed by atoms with Crippen molar-refractivity contribution in [1.82, 2.24) is 5.32 Å². The molecule has 0 spiro atoms. The van der Waals surface area contributed by atoms with Crippen LogP contribution in [0.1, 0.15) is 26.7 Å². The van der Waals surface area contributed by atoms with Crippen LogP contribution in [0.15, 0.2) is 24.3 Å². The highest BCUT2D eigenvalue weighted by atomic mass is 16.5. The smallest absolute Gasteiger partial charge is 0.313 e. The van der Waals surface area contributed by atoms with Crippen LogP contribution in [0.3, 0.4) is 0 Å². The highest BCUT2D eigenvalue weighted by molar-refractivity contribution is 6.39. The lowest BCUT2D eigenvalue weighted by Gasteiger charge is -2.07. The summed E-state index contributed by atoms with van der Waals surface area (Å²) in [5, 5.41) is 4.95. The summed E-state index contributed by atoms with van der Waals surface area (Å²) in [4.78, 5) is 22.7. The Morgan fingerprint density at radius 3 is 2.37 bits per heavy atom. The molecule has 0 unspecified atom stereocenters. The fraction of sp³-hybridized carbons (Fsp3) is 0.429. The third-order valence-corrected chi connectivity index (χ3v) is 2.42. The summed E-state index contributed by atoms with van der Waals surface area (Å²) in [5.74, 6) is -0.545. The highest BCUT2D eigenvalue weighted by Gasteiger charge is 2.11. The Morgan fingerprint density at radius 1 is 1.11 bits per heavy atom. The maximum atomic E-state index is 11.4. The van der Waals surface area contributed by atoms with Gasteiger partial charge in [0.1, 0.15) is 5.75 Å². The van der Waals surface area contributed by atoms with Gasteiger partial charge in [0, 0.05) is 12.2 Å². The Labute approximate surface area is 113 Å². The molecular formula is C14H20N2O3. The average Bonchev–Trinajstić information content (AvgIpc) is 2.41. The lowest BCUT2D eigenvalue weighted by Crippen LogP contribution is -2.35. The number of benzene rings is 1. The van der Waals surface area contributed by atoms with Crippen LogP contribution in [0.2, 0.25) is 0 Å². The number of ether oxygens (including phenoxy) is 1. The minimum atomic E-state index is -0.665. The molecule has 0 fully saturated rings. The number of carbonyl (C=O) groups excluding carboxylic acids is 2. The molecule has 0 heterocycles. The van der Waals surface area contributed by atoms with E-state index in [4.69, 9.17) is 4.74 Å². The van der Waals surface area contributed by atoms with Crippen molar-refractivity contribution in [2.24, 2.45) is 0 Å². The molecule has 0 atom stereocenters. The molecule has 2 N–H and O–H groups in total. The van der Waals surface area contributed by atoms with Gasteiger partial charge < -0.3 is 15.4 Å². The van der Waals surface area contributed by atoms with Gasteiger partial charge in [-0.25, -0.2) is 0 Å². The molecule has 0 aliphatic carbocycles.